The van der Waals surface area contributed by atoms with E-state index in [0.717, 1.165) is 24.3 Å². The molecule has 3 nitrogen and oxygen atoms in total. The molecular weight excluding hydrogens is 363 g/mol. The maximum atomic E-state index is 12.7. The van der Waals surface area contributed by atoms with E-state index in [4.69, 9.17) is 16.9 Å². The van der Waals surface area contributed by atoms with Gasteiger partial charge in [-0.05, 0) is 48.0 Å². The molecule has 0 aliphatic rings. The first kappa shape index (κ1) is 18.0. The second-order valence-electron chi connectivity index (χ2n) is 4.70. The topological polar surface area (TPSA) is 57.9 Å². The van der Waals surface area contributed by atoms with Crippen LogP contribution in [-0.4, -0.2) is 8.42 Å². The zero-order chi connectivity index (χ0) is 18.0. The van der Waals surface area contributed by atoms with Gasteiger partial charge in [-0.2, -0.15) is 18.4 Å². The molecule has 0 atom stereocenters. The van der Waals surface area contributed by atoms with Gasteiger partial charge in [0.25, 0.3) is 0 Å². The lowest BCUT2D eigenvalue weighted by molar-refractivity contribution is -0.137. The Morgan fingerprint density at radius 3 is 2.29 bits per heavy atom. The Morgan fingerprint density at radius 2 is 1.75 bits per heavy atom. The number of nitriles is 1. The van der Waals surface area contributed by atoms with E-state index in [1.807, 2.05) is 0 Å². The Labute approximate surface area is 141 Å². The Balaban J connectivity index is 2.50. The summed E-state index contributed by atoms with van der Waals surface area (Å²) in [5.41, 5.74) is -0.976. The molecule has 0 N–H and O–H groups in total. The molecule has 0 aromatic heterocycles. The van der Waals surface area contributed by atoms with Gasteiger partial charge in [-0.25, -0.2) is 8.42 Å². The van der Waals surface area contributed by atoms with E-state index < -0.39 is 26.5 Å². The highest BCUT2D eigenvalue weighted by atomic mass is 35.5. The Morgan fingerprint density at radius 1 is 1.12 bits per heavy atom. The molecule has 8 heteroatoms. The molecule has 124 valence electrons. The molecule has 0 aliphatic heterocycles. The largest absolute Gasteiger partial charge is 0.416 e. The number of nitrogens with zero attached hydrogens (tertiary/aromatic N) is 1. The lowest BCUT2D eigenvalue weighted by Gasteiger charge is -2.07. The zero-order valence-electron chi connectivity index (χ0n) is 11.9. The highest BCUT2D eigenvalue weighted by Crippen LogP contribution is 2.30. The molecule has 0 saturated carbocycles. The summed E-state index contributed by atoms with van der Waals surface area (Å²) in [6, 6.07) is 10.7. The fraction of sp³-hybridized carbons (Fsp3) is 0.0625. The number of hydrogen-bond donors (Lipinski definition) is 0. The SMILES string of the molecule is N#CC(=Cc1cccc(C(F)(F)F)c1)S(=O)(=O)c1ccc(Cl)cc1. The van der Waals surface area contributed by atoms with E-state index in [9.17, 15) is 21.6 Å². The van der Waals surface area contributed by atoms with Gasteiger partial charge in [0.15, 0.2) is 0 Å². The summed E-state index contributed by atoms with van der Waals surface area (Å²) < 4.78 is 62.9. The molecule has 0 amide bonds. The van der Waals surface area contributed by atoms with Crippen LogP contribution in [0, 0.1) is 11.3 Å². The number of benzene rings is 2. The standard InChI is InChI=1S/C16H9ClF3NO2S/c17-13-4-6-14(7-5-13)24(22,23)15(10-21)9-11-2-1-3-12(8-11)16(18,19)20/h1-9H. The van der Waals surface area contributed by atoms with Crippen LogP contribution in [0.5, 0.6) is 0 Å². The van der Waals surface area contributed by atoms with Gasteiger partial charge in [0.1, 0.15) is 11.0 Å². The van der Waals surface area contributed by atoms with Crippen molar-refractivity contribution >= 4 is 27.5 Å². The number of alkyl halides is 3. The molecular formula is C16H9ClF3NO2S. The molecule has 0 bridgehead atoms. The van der Waals surface area contributed by atoms with Crippen molar-refractivity contribution in [3.63, 3.8) is 0 Å². The van der Waals surface area contributed by atoms with Crippen LogP contribution in [-0.2, 0) is 16.0 Å². The van der Waals surface area contributed by atoms with Crippen molar-refractivity contribution in [2.24, 2.45) is 0 Å². The van der Waals surface area contributed by atoms with Crippen LogP contribution in [0.3, 0.4) is 0 Å². The van der Waals surface area contributed by atoms with Crippen LogP contribution in [0.25, 0.3) is 6.08 Å². The van der Waals surface area contributed by atoms with Crippen molar-refractivity contribution < 1.29 is 21.6 Å². The van der Waals surface area contributed by atoms with Crippen molar-refractivity contribution in [2.45, 2.75) is 11.1 Å². The van der Waals surface area contributed by atoms with E-state index in [1.54, 1.807) is 0 Å². The lowest BCUT2D eigenvalue weighted by atomic mass is 10.1. The van der Waals surface area contributed by atoms with Gasteiger partial charge in [-0.15, -0.1) is 0 Å². The van der Waals surface area contributed by atoms with Crippen LogP contribution < -0.4 is 0 Å². The van der Waals surface area contributed by atoms with Gasteiger partial charge in [-0.1, -0.05) is 23.7 Å². The van der Waals surface area contributed by atoms with E-state index >= 15 is 0 Å². The molecule has 0 fully saturated rings. The van der Waals surface area contributed by atoms with Crippen molar-refractivity contribution in [1.82, 2.24) is 0 Å². The Hall–Kier alpha value is -2.30. The maximum Gasteiger partial charge on any atom is 0.416 e. The molecule has 24 heavy (non-hydrogen) atoms. The molecule has 2 aromatic carbocycles. The minimum Gasteiger partial charge on any atom is -0.218 e. The average molecular weight is 372 g/mol. The minimum absolute atomic E-state index is 0.0427. The summed E-state index contributed by atoms with van der Waals surface area (Å²) in [4.78, 5) is -0.837. The third-order valence-corrected chi connectivity index (χ3v) is 4.97. The van der Waals surface area contributed by atoms with Gasteiger partial charge < -0.3 is 0 Å². The van der Waals surface area contributed by atoms with Gasteiger partial charge in [0.05, 0.1) is 10.5 Å². The van der Waals surface area contributed by atoms with E-state index in [-0.39, 0.29) is 10.5 Å². The summed E-state index contributed by atoms with van der Waals surface area (Å²) in [7, 11) is -4.15. The summed E-state index contributed by atoms with van der Waals surface area (Å²) in [6.45, 7) is 0. The normalized spacial score (nSPS) is 12.7. The molecule has 0 spiro atoms. The molecule has 0 aliphatic carbocycles. The third kappa shape index (κ3) is 3.96. The van der Waals surface area contributed by atoms with Crippen molar-refractivity contribution in [3.05, 3.63) is 69.6 Å². The van der Waals surface area contributed by atoms with Crippen LogP contribution >= 0.6 is 11.6 Å². The second kappa shape index (κ2) is 6.67. The zero-order valence-corrected chi connectivity index (χ0v) is 13.5. The predicted octanol–water partition coefficient (Wildman–Crippen LogP) is 4.70. The van der Waals surface area contributed by atoms with Crippen LogP contribution in [0.2, 0.25) is 5.02 Å². The lowest BCUT2D eigenvalue weighted by Crippen LogP contribution is -2.05. The number of halogens is 4. The monoisotopic (exact) mass is 371 g/mol. The molecule has 2 aromatic rings. The first-order valence-electron chi connectivity index (χ1n) is 6.44. The minimum atomic E-state index is -4.56. The highest BCUT2D eigenvalue weighted by molar-refractivity contribution is 7.95. The second-order valence-corrected chi connectivity index (χ2v) is 7.06. The number of rotatable bonds is 3. The maximum absolute atomic E-state index is 12.7. The number of hydrogen-bond acceptors (Lipinski definition) is 3. The summed E-state index contributed by atoms with van der Waals surface area (Å²) >= 11 is 5.68. The van der Waals surface area contributed by atoms with Gasteiger partial charge in [0, 0.05) is 5.02 Å². The Kier molecular flexibility index (Phi) is 5.02. The fourth-order valence-electron chi connectivity index (χ4n) is 1.87. The predicted molar refractivity (Wildman–Crippen MR) is 83.7 cm³/mol. The van der Waals surface area contributed by atoms with E-state index in [0.29, 0.717) is 5.02 Å². The van der Waals surface area contributed by atoms with Crippen LogP contribution in [0.1, 0.15) is 11.1 Å². The van der Waals surface area contributed by atoms with Crippen molar-refractivity contribution in [1.29, 1.82) is 5.26 Å². The molecule has 2 rings (SSSR count). The summed E-state index contributed by atoms with van der Waals surface area (Å²) in [5, 5.41) is 9.44. The highest BCUT2D eigenvalue weighted by Gasteiger charge is 2.30. The third-order valence-electron chi connectivity index (χ3n) is 3.04. The van der Waals surface area contributed by atoms with E-state index in [2.05, 4.69) is 0 Å². The average Bonchev–Trinajstić information content (AvgIpc) is 2.52. The van der Waals surface area contributed by atoms with Gasteiger partial charge in [-0.3, -0.25) is 0 Å². The molecule has 0 unspecified atom stereocenters. The number of sulfone groups is 1. The van der Waals surface area contributed by atoms with Crippen molar-refractivity contribution in [2.75, 3.05) is 0 Å². The smallest absolute Gasteiger partial charge is 0.218 e. The summed E-state index contributed by atoms with van der Waals surface area (Å²) in [6.07, 6.45) is -3.66. The molecule has 0 radical (unpaired) electrons. The Bertz CT molecular complexity index is 927. The number of allylic oxidation sites excluding steroid dienone is 1. The van der Waals surface area contributed by atoms with E-state index in [1.165, 1.54) is 36.4 Å². The summed E-state index contributed by atoms with van der Waals surface area (Å²) in [5.74, 6) is 0. The molecule has 0 heterocycles. The van der Waals surface area contributed by atoms with Gasteiger partial charge >= 0.3 is 6.18 Å². The first-order valence-corrected chi connectivity index (χ1v) is 8.30. The molecule has 0 saturated heterocycles. The van der Waals surface area contributed by atoms with Gasteiger partial charge in [0.2, 0.25) is 9.84 Å². The fourth-order valence-corrected chi connectivity index (χ4v) is 3.15. The van der Waals surface area contributed by atoms with Crippen LogP contribution in [0.15, 0.2) is 58.3 Å². The quantitative estimate of drug-likeness (QED) is 0.735. The van der Waals surface area contributed by atoms with Crippen LogP contribution in [0.4, 0.5) is 13.2 Å². The first-order chi connectivity index (χ1) is 11.1. The van der Waals surface area contributed by atoms with Crippen molar-refractivity contribution in [3.8, 4) is 6.07 Å².